The summed E-state index contributed by atoms with van der Waals surface area (Å²) in [4.78, 5) is 31.7. The lowest BCUT2D eigenvalue weighted by Crippen LogP contribution is -2.28. The van der Waals surface area contributed by atoms with Crippen LogP contribution in [-0.2, 0) is 9.59 Å². The minimum atomic E-state index is -0.365. The molecule has 1 aliphatic heterocycles. The van der Waals surface area contributed by atoms with Gasteiger partial charge in [0.25, 0.3) is 0 Å². The first-order valence-corrected chi connectivity index (χ1v) is 9.74. The molecule has 2 amide bonds. The second kappa shape index (κ2) is 7.52. The van der Waals surface area contributed by atoms with Crippen molar-refractivity contribution in [3.63, 3.8) is 0 Å². The highest BCUT2D eigenvalue weighted by Crippen LogP contribution is 2.28. The molecule has 0 spiro atoms. The summed E-state index contributed by atoms with van der Waals surface area (Å²) < 4.78 is 0.872. The molecule has 0 bridgehead atoms. The number of carbonyl (C=O) groups is 2. The topological polar surface area (TPSA) is 62.3 Å². The zero-order chi connectivity index (χ0) is 17.1. The van der Waals surface area contributed by atoms with Crippen molar-refractivity contribution in [2.24, 2.45) is 5.92 Å². The van der Waals surface area contributed by atoms with Gasteiger partial charge in [0.05, 0.1) is 9.49 Å². The summed E-state index contributed by atoms with van der Waals surface area (Å²) in [6.07, 6.45) is 3.87. The fourth-order valence-corrected chi connectivity index (χ4v) is 3.48. The average molecular weight is 453 g/mol. The summed E-state index contributed by atoms with van der Waals surface area (Å²) in [5.41, 5.74) is 0.834. The average Bonchev–Trinajstić information content (AvgIpc) is 2.99. The highest BCUT2D eigenvalue weighted by atomic mass is 127. The van der Waals surface area contributed by atoms with Crippen molar-refractivity contribution in [3.05, 3.63) is 46.2 Å². The molecule has 0 saturated carbocycles. The summed E-state index contributed by atoms with van der Waals surface area (Å²) in [6.45, 7) is 0.396. The standard InChI is InChI=1S/C17H16IN3O2S/c1-24-13-6-4-12(5-7-13)21-10-11(9-15(21)22)17(23)20-16-14(18)3-2-8-19-16/h2-8,11H,9-10H2,1H3,(H,19,20,23)/t11-/m0/s1. The van der Waals surface area contributed by atoms with Gasteiger partial charge in [-0.1, -0.05) is 0 Å². The Kier molecular flexibility index (Phi) is 5.40. The third-order valence-electron chi connectivity index (χ3n) is 3.88. The molecule has 24 heavy (non-hydrogen) atoms. The number of aromatic nitrogens is 1. The number of carbonyl (C=O) groups excluding carboxylic acids is 2. The van der Waals surface area contributed by atoms with Crippen molar-refractivity contribution in [2.45, 2.75) is 11.3 Å². The van der Waals surface area contributed by atoms with Crippen molar-refractivity contribution < 1.29 is 9.59 Å². The van der Waals surface area contributed by atoms with Crippen LogP contribution in [0.3, 0.4) is 0 Å². The monoisotopic (exact) mass is 453 g/mol. The summed E-state index contributed by atoms with van der Waals surface area (Å²) in [5.74, 6) is -0.0141. The first-order chi connectivity index (χ1) is 11.6. The first kappa shape index (κ1) is 17.2. The van der Waals surface area contributed by atoms with E-state index in [9.17, 15) is 9.59 Å². The lowest BCUT2D eigenvalue weighted by Gasteiger charge is -2.17. The predicted octanol–water partition coefficient (Wildman–Crippen LogP) is 3.40. The Labute approximate surface area is 158 Å². The van der Waals surface area contributed by atoms with Crippen molar-refractivity contribution in [1.29, 1.82) is 0 Å². The number of halogens is 1. The Morgan fingerprint density at radius 1 is 1.33 bits per heavy atom. The van der Waals surface area contributed by atoms with Gasteiger partial charge in [0.15, 0.2) is 0 Å². The van der Waals surface area contributed by atoms with Crippen LogP contribution in [0.2, 0.25) is 0 Å². The number of amides is 2. The minimum absolute atomic E-state index is 0.0252. The number of hydrogen-bond donors (Lipinski definition) is 1. The maximum absolute atomic E-state index is 12.5. The van der Waals surface area contributed by atoms with Crippen molar-refractivity contribution >= 4 is 57.7 Å². The third kappa shape index (κ3) is 3.72. The van der Waals surface area contributed by atoms with E-state index in [0.29, 0.717) is 12.4 Å². The zero-order valence-corrected chi connectivity index (χ0v) is 16.0. The highest BCUT2D eigenvalue weighted by molar-refractivity contribution is 14.1. The Morgan fingerprint density at radius 3 is 2.75 bits per heavy atom. The van der Waals surface area contributed by atoms with E-state index in [1.165, 1.54) is 0 Å². The molecular formula is C17H16IN3O2S. The quantitative estimate of drug-likeness (QED) is 0.570. The summed E-state index contributed by atoms with van der Waals surface area (Å²) >= 11 is 3.78. The van der Waals surface area contributed by atoms with Gasteiger partial charge in [-0.2, -0.15) is 0 Å². The Balaban J connectivity index is 1.69. The molecule has 1 aromatic carbocycles. The SMILES string of the molecule is CSc1ccc(N2C[C@@H](C(=O)Nc3ncccc3I)CC2=O)cc1. The minimum Gasteiger partial charge on any atom is -0.312 e. The number of nitrogens with one attached hydrogen (secondary N) is 1. The number of hydrogen-bond acceptors (Lipinski definition) is 4. The van der Waals surface area contributed by atoms with Crippen molar-refractivity contribution in [2.75, 3.05) is 23.0 Å². The second-order valence-corrected chi connectivity index (χ2v) is 7.47. The van der Waals surface area contributed by atoms with E-state index in [1.54, 1.807) is 22.9 Å². The van der Waals surface area contributed by atoms with Crippen LogP contribution in [0.5, 0.6) is 0 Å². The van der Waals surface area contributed by atoms with Crippen LogP contribution in [0.1, 0.15) is 6.42 Å². The molecular weight excluding hydrogens is 437 g/mol. The molecule has 1 N–H and O–H groups in total. The molecule has 124 valence electrons. The second-order valence-electron chi connectivity index (χ2n) is 5.43. The van der Waals surface area contributed by atoms with Gasteiger partial charge in [-0.25, -0.2) is 4.98 Å². The summed E-state index contributed by atoms with van der Waals surface area (Å²) in [7, 11) is 0. The van der Waals surface area contributed by atoms with Gasteiger partial charge in [0.2, 0.25) is 11.8 Å². The van der Waals surface area contributed by atoms with Gasteiger partial charge >= 0.3 is 0 Å². The van der Waals surface area contributed by atoms with Crippen LogP contribution in [0.25, 0.3) is 0 Å². The molecule has 2 aromatic rings. The summed E-state index contributed by atoms with van der Waals surface area (Å²) in [5, 5.41) is 2.82. The number of benzene rings is 1. The molecule has 0 unspecified atom stereocenters. The number of thioether (sulfide) groups is 1. The Morgan fingerprint density at radius 2 is 2.08 bits per heavy atom. The molecule has 7 heteroatoms. The van der Waals surface area contributed by atoms with E-state index in [4.69, 9.17) is 0 Å². The van der Waals surface area contributed by atoms with Crippen LogP contribution < -0.4 is 10.2 Å². The lowest BCUT2D eigenvalue weighted by atomic mass is 10.1. The smallest absolute Gasteiger partial charge is 0.230 e. The van der Waals surface area contributed by atoms with Gasteiger partial charge in [-0.3, -0.25) is 9.59 Å². The third-order valence-corrected chi connectivity index (χ3v) is 5.49. The first-order valence-electron chi connectivity index (χ1n) is 7.44. The van der Waals surface area contributed by atoms with E-state index >= 15 is 0 Å². The summed E-state index contributed by atoms with van der Waals surface area (Å²) in [6, 6.07) is 11.5. The van der Waals surface area contributed by atoms with Gasteiger partial charge in [-0.15, -0.1) is 11.8 Å². The molecule has 3 rings (SSSR count). The van der Waals surface area contributed by atoms with Gasteiger partial charge < -0.3 is 10.2 Å². The Hall–Kier alpha value is -1.61. The fraction of sp³-hybridized carbons (Fsp3) is 0.235. The van der Waals surface area contributed by atoms with Crippen molar-refractivity contribution in [1.82, 2.24) is 4.98 Å². The molecule has 5 nitrogen and oxygen atoms in total. The van der Waals surface area contributed by atoms with Gasteiger partial charge in [-0.05, 0) is 65.2 Å². The molecule has 1 aliphatic rings. The molecule has 0 radical (unpaired) electrons. The highest BCUT2D eigenvalue weighted by Gasteiger charge is 2.35. The maximum atomic E-state index is 12.5. The number of pyridine rings is 1. The molecule has 1 saturated heterocycles. The van der Waals surface area contributed by atoms with Crippen LogP contribution in [0, 0.1) is 9.49 Å². The largest absolute Gasteiger partial charge is 0.312 e. The fourth-order valence-electron chi connectivity index (χ4n) is 2.59. The zero-order valence-electron chi connectivity index (χ0n) is 13.0. The van der Waals surface area contributed by atoms with Gasteiger partial charge in [0, 0.05) is 29.7 Å². The maximum Gasteiger partial charge on any atom is 0.230 e. The van der Waals surface area contributed by atoms with Gasteiger partial charge in [0.1, 0.15) is 5.82 Å². The Bertz CT molecular complexity index is 767. The van der Waals surface area contributed by atoms with E-state index < -0.39 is 0 Å². The molecule has 0 aliphatic carbocycles. The number of anilines is 2. The van der Waals surface area contributed by atoms with Crippen LogP contribution >= 0.6 is 34.4 Å². The van der Waals surface area contributed by atoms with Crippen LogP contribution in [0.4, 0.5) is 11.5 Å². The van der Waals surface area contributed by atoms with Crippen molar-refractivity contribution in [3.8, 4) is 0 Å². The van der Waals surface area contributed by atoms with Crippen LogP contribution in [0.15, 0.2) is 47.5 Å². The van der Waals surface area contributed by atoms with E-state index in [-0.39, 0.29) is 24.2 Å². The van der Waals surface area contributed by atoms with E-state index in [1.807, 2.05) is 42.7 Å². The van der Waals surface area contributed by atoms with Crippen LogP contribution in [-0.4, -0.2) is 29.6 Å². The number of nitrogens with zero attached hydrogens (tertiary/aromatic N) is 2. The van der Waals surface area contributed by atoms with E-state index in [2.05, 4.69) is 32.9 Å². The molecule has 1 aromatic heterocycles. The number of rotatable bonds is 4. The molecule has 2 heterocycles. The normalized spacial score (nSPS) is 17.2. The molecule has 1 fully saturated rings. The predicted molar refractivity (Wildman–Crippen MR) is 104 cm³/mol. The van der Waals surface area contributed by atoms with E-state index in [0.717, 1.165) is 14.2 Å². The molecule has 1 atom stereocenters. The lowest BCUT2D eigenvalue weighted by molar-refractivity contribution is -0.122.